The fourth-order valence-corrected chi connectivity index (χ4v) is 2.52. The summed E-state index contributed by atoms with van der Waals surface area (Å²) in [7, 11) is 0. The first-order chi connectivity index (χ1) is 12.9. The van der Waals surface area contributed by atoms with Gasteiger partial charge in [0.2, 0.25) is 11.8 Å². The molecule has 156 valence electrons. The summed E-state index contributed by atoms with van der Waals surface area (Å²) >= 11 is 0. The van der Waals surface area contributed by atoms with Gasteiger partial charge < -0.3 is 26.2 Å². The van der Waals surface area contributed by atoms with E-state index in [1.54, 1.807) is 32.9 Å². The Bertz CT molecular complexity index is 680. The number of phenolic OH excluding ortho intramolecular Hbond substituents is 1. The second-order valence-corrected chi connectivity index (χ2v) is 8.16. The zero-order valence-corrected chi connectivity index (χ0v) is 17.1. The molecule has 2 atom stereocenters. The summed E-state index contributed by atoms with van der Waals surface area (Å²) in [6.45, 7) is 8.97. The number of amides is 3. The SMILES string of the molecule is CC(C)C[C@H](NC(=O)[C@H](Cc1ccc(O)cc1)NC(=O)OC(C)(C)C)C(N)=O. The zero-order valence-electron chi connectivity index (χ0n) is 17.1. The molecule has 0 spiro atoms. The number of rotatable bonds is 8. The molecule has 0 saturated carbocycles. The number of alkyl carbamates (subject to hydrolysis) is 1. The number of phenols is 1. The molecule has 0 saturated heterocycles. The van der Waals surface area contributed by atoms with Crippen molar-refractivity contribution in [2.24, 2.45) is 11.7 Å². The predicted octanol–water partition coefficient (Wildman–Crippen LogP) is 1.84. The lowest BCUT2D eigenvalue weighted by Crippen LogP contribution is -2.54. The van der Waals surface area contributed by atoms with E-state index >= 15 is 0 Å². The van der Waals surface area contributed by atoms with Crippen LogP contribution in [0, 0.1) is 5.92 Å². The molecule has 0 unspecified atom stereocenters. The maximum absolute atomic E-state index is 12.8. The highest BCUT2D eigenvalue weighted by Crippen LogP contribution is 2.13. The summed E-state index contributed by atoms with van der Waals surface area (Å²) in [5.41, 5.74) is 5.38. The summed E-state index contributed by atoms with van der Waals surface area (Å²) in [4.78, 5) is 36.6. The maximum Gasteiger partial charge on any atom is 0.408 e. The van der Waals surface area contributed by atoms with Crippen molar-refractivity contribution in [1.29, 1.82) is 0 Å². The zero-order chi connectivity index (χ0) is 21.5. The van der Waals surface area contributed by atoms with Crippen LogP contribution in [-0.2, 0) is 20.7 Å². The van der Waals surface area contributed by atoms with Crippen molar-refractivity contribution < 1.29 is 24.2 Å². The Balaban J connectivity index is 2.96. The Hall–Kier alpha value is -2.77. The third-order valence-corrected chi connectivity index (χ3v) is 3.75. The minimum Gasteiger partial charge on any atom is -0.508 e. The minimum absolute atomic E-state index is 0.0931. The lowest BCUT2D eigenvalue weighted by Gasteiger charge is -2.25. The lowest BCUT2D eigenvalue weighted by molar-refractivity contribution is -0.128. The highest BCUT2D eigenvalue weighted by Gasteiger charge is 2.28. The van der Waals surface area contributed by atoms with E-state index in [1.807, 2.05) is 13.8 Å². The Morgan fingerprint density at radius 2 is 1.64 bits per heavy atom. The number of hydrogen-bond acceptors (Lipinski definition) is 5. The van der Waals surface area contributed by atoms with Gasteiger partial charge in [0.1, 0.15) is 23.4 Å². The fraction of sp³-hybridized carbons (Fsp3) is 0.550. The molecule has 0 heterocycles. The first kappa shape index (κ1) is 23.3. The molecule has 0 radical (unpaired) electrons. The number of carbonyl (C=O) groups excluding carboxylic acids is 3. The van der Waals surface area contributed by atoms with Gasteiger partial charge in [0, 0.05) is 6.42 Å². The molecule has 1 aromatic rings. The van der Waals surface area contributed by atoms with Gasteiger partial charge in [-0.25, -0.2) is 4.79 Å². The predicted molar refractivity (Wildman–Crippen MR) is 106 cm³/mol. The van der Waals surface area contributed by atoms with Crippen LogP contribution in [0.3, 0.4) is 0 Å². The second-order valence-electron chi connectivity index (χ2n) is 8.16. The van der Waals surface area contributed by atoms with Gasteiger partial charge in [-0.15, -0.1) is 0 Å². The normalized spacial score (nSPS) is 13.5. The van der Waals surface area contributed by atoms with E-state index in [9.17, 15) is 19.5 Å². The molecular formula is C20H31N3O5. The molecule has 1 rings (SSSR count). The van der Waals surface area contributed by atoms with Gasteiger partial charge in [-0.1, -0.05) is 26.0 Å². The molecule has 0 bridgehead atoms. The fourth-order valence-electron chi connectivity index (χ4n) is 2.52. The number of benzene rings is 1. The standard InChI is InChI=1S/C20H31N3O5/c1-12(2)10-15(17(21)25)22-18(26)16(23-19(27)28-20(3,4)5)11-13-6-8-14(24)9-7-13/h6-9,12,15-16,24H,10-11H2,1-5H3,(H2,21,25)(H,22,26)(H,23,27)/t15-,16-/m0/s1. The van der Waals surface area contributed by atoms with E-state index < -0.39 is 35.6 Å². The Labute approximate surface area is 165 Å². The number of nitrogens with two attached hydrogens (primary N) is 1. The molecule has 0 aliphatic heterocycles. The number of hydrogen-bond donors (Lipinski definition) is 4. The number of nitrogens with one attached hydrogen (secondary N) is 2. The van der Waals surface area contributed by atoms with Crippen molar-refractivity contribution in [2.75, 3.05) is 0 Å². The summed E-state index contributed by atoms with van der Waals surface area (Å²) in [5.74, 6) is -0.936. The third kappa shape index (κ3) is 8.75. The molecule has 0 aliphatic carbocycles. The smallest absolute Gasteiger partial charge is 0.408 e. The Morgan fingerprint density at radius 3 is 2.11 bits per heavy atom. The topological polar surface area (TPSA) is 131 Å². The van der Waals surface area contributed by atoms with Crippen molar-refractivity contribution in [3.05, 3.63) is 29.8 Å². The Morgan fingerprint density at radius 1 is 1.07 bits per heavy atom. The average molecular weight is 393 g/mol. The summed E-state index contributed by atoms with van der Waals surface area (Å²) < 4.78 is 5.23. The highest BCUT2D eigenvalue weighted by molar-refractivity contribution is 5.90. The first-order valence-corrected chi connectivity index (χ1v) is 9.24. The van der Waals surface area contributed by atoms with Crippen molar-refractivity contribution in [3.63, 3.8) is 0 Å². The molecule has 0 aromatic heterocycles. The second kappa shape index (κ2) is 9.96. The summed E-state index contributed by atoms with van der Waals surface area (Å²) in [6, 6.07) is 4.45. The van der Waals surface area contributed by atoms with Gasteiger partial charge in [-0.05, 0) is 50.8 Å². The Kier molecular flexibility index (Phi) is 8.28. The number of carbonyl (C=O) groups is 3. The summed E-state index contributed by atoms with van der Waals surface area (Å²) in [6.07, 6.45) is -0.205. The van der Waals surface area contributed by atoms with Crippen LogP contribution < -0.4 is 16.4 Å². The molecule has 5 N–H and O–H groups in total. The van der Waals surface area contributed by atoms with E-state index in [4.69, 9.17) is 10.5 Å². The first-order valence-electron chi connectivity index (χ1n) is 9.24. The van der Waals surface area contributed by atoms with Gasteiger partial charge in [0.05, 0.1) is 0 Å². The quantitative estimate of drug-likeness (QED) is 0.535. The maximum atomic E-state index is 12.8. The minimum atomic E-state index is -0.978. The molecule has 8 heteroatoms. The van der Waals surface area contributed by atoms with Crippen LogP contribution in [0.25, 0.3) is 0 Å². The molecule has 28 heavy (non-hydrogen) atoms. The van der Waals surface area contributed by atoms with Crippen molar-refractivity contribution in [2.45, 2.75) is 65.1 Å². The van der Waals surface area contributed by atoms with Crippen molar-refractivity contribution in [1.82, 2.24) is 10.6 Å². The van der Waals surface area contributed by atoms with Crippen LogP contribution in [0.1, 0.15) is 46.6 Å². The molecular weight excluding hydrogens is 362 g/mol. The largest absolute Gasteiger partial charge is 0.508 e. The molecule has 1 aromatic carbocycles. The van der Waals surface area contributed by atoms with E-state index in [1.165, 1.54) is 12.1 Å². The van der Waals surface area contributed by atoms with E-state index in [0.717, 1.165) is 0 Å². The van der Waals surface area contributed by atoms with Gasteiger partial charge in [0.25, 0.3) is 0 Å². The van der Waals surface area contributed by atoms with Crippen LogP contribution >= 0.6 is 0 Å². The van der Waals surface area contributed by atoms with Crippen LogP contribution in [0.4, 0.5) is 4.79 Å². The van der Waals surface area contributed by atoms with Gasteiger partial charge >= 0.3 is 6.09 Å². The number of aromatic hydroxyl groups is 1. The summed E-state index contributed by atoms with van der Waals surface area (Å²) in [5, 5.41) is 14.6. The van der Waals surface area contributed by atoms with Crippen molar-refractivity contribution in [3.8, 4) is 5.75 Å². The van der Waals surface area contributed by atoms with Gasteiger partial charge in [-0.3, -0.25) is 9.59 Å². The molecule has 3 amide bonds. The third-order valence-electron chi connectivity index (χ3n) is 3.75. The molecule has 0 aliphatic rings. The average Bonchev–Trinajstić information content (AvgIpc) is 2.53. The van der Waals surface area contributed by atoms with E-state index in [0.29, 0.717) is 12.0 Å². The molecule has 8 nitrogen and oxygen atoms in total. The number of primary amides is 1. The molecule has 0 fully saturated rings. The van der Waals surface area contributed by atoms with Crippen LogP contribution in [0.15, 0.2) is 24.3 Å². The number of ether oxygens (including phenoxy) is 1. The van der Waals surface area contributed by atoms with Crippen LogP contribution in [0.2, 0.25) is 0 Å². The van der Waals surface area contributed by atoms with Crippen LogP contribution in [0.5, 0.6) is 5.75 Å². The van der Waals surface area contributed by atoms with Gasteiger partial charge in [-0.2, -0.15) is 0 Å². The van der Waals surface area contributed by atoms with Crippen molar-refractivity contribution >= 4 is 17.9 Å². The monoisotopic (exact) mass is 393 g/mol. The van der Waals surface area contributed by atoms with Crippen LogP contribution in [-0.4, -0.2) is 40.7 Å². The van der Waals surface area contributed by atoms with E-state index in [-0.39, 0.29) is 18.1 Å². The highest BCUT2D eigenvalue weighted by atomic mass is 16.6. The lowest BCUT2D eigenvalue weighted by atomic mass is 10.0. The van der Waals surface area contributed by atoms with E-state index in [2.05, 4.69) is 10.6 Å². The van der Waals surface area contributed by atoms with Gasteiger partial charge in [0.15, 0.2) is 0 Å².